The van der Waals surface area contributed by atoms with E-state index in [1.807, 2.05) is 0 Å². The lowest BCUT2D eigenvalue weighted by Crippen LogP contribution is -2.33. The first kappa shape index (κ1) is 15.1. The molecule has 0 heterocycles. The van der Waals surface area contributed by atoms with Crippen LogP contribution < -0.4 is 19.5 Å². The predicted octanol–water partition coefficient (Wildman–Crippen LogP) is 1.28. The normalized spacial score (nSPS) is 11.8. The number of carbonyl (C=O) groups is 1. The average molecular weight is 269 g/mol. The first-order chi connectivity index (χ1) is 9.03. The summed E-state index contributed by atoms with van der Waals surface area (Å²) in [6.45, 7) is 1.90. The first-order valence-corrected chi connectivity index (χ1v) is 5.78. The molecule has 0 fully saturated rings. The highest BCUT2D eigenvalue weighted by atomic mass is 16.5. The maximum Gasteiger partial charge on any atom is 0.320 e. The summed E-state index contributed by atoms with van der Waals surface area (Å²) in [5.41, 5.74) is 0.749. The van der Waals surface area contributed by atoms with Gasteiger partial charge >= 0.3 is 5.97 Å². The number of carboxylic acids is 1. The van der Waals surface area contributed by atoms with Crippen LogP contribution in [0.1, 0.15) is 12.5 Å². The van der Waals surface area contributed by atoms with Crippen molar-refractivity contribution in [2.24, 2.45) is 0 Å². The third-order valence-electron chi connectivity index (χ3n) is 2.77. The number of carboxylic acid groups (broad SMARTS) is 1. The lowest BCUT2D eigenvalue weighted by Gasteiger charge is -2.16. The molecule has 6 heteroatoms. The van der Waals surface area contributed by atoms with Crippen molar-refractivity contribution in [1.82, 2.24) is 5.32 Å². The number of rotatable bonds is 7. The van der Waals surface area contributed by atoms with Gasteiger partial charge < -0.3 is 24.6 Å². The van der Waals surface area contributed by atoms with Crippen LogP contribution in [0.15, 0.2) is 12.1 Å². The number of hydrogen-bond acceptors (Lipinski definition) is 5. The van der Waals surface area contributed by atoms with Crippen LogP contribution in [0.3, 0.4) is 0 Å². The van der Waals surface area contributed by atoms with E-state index in [1.165, 1.54) is 0 Å². The quantitative estimate of drug-likeness (QED) is 0.776. The van der Waals surface area contributed by atoms with Gasteiger partial charge in [0.25, 0.3) is 0 Å². The van der Waals surface area contributed by atoms with Crippen molar-refractivity contribution in [1.29, 1.82) is 0 Å². The fourth-order valence-electron chi connectivity index (χ4n) is 1.59. The summed E-state index contributed by atoms with van der Waals surface area (Å²) in [5.74, 6) is 0.873. The van der Waals surface area contributed by atoms with Crippen LogP contribution >= 0.6 is 0 Å². The van der Waals surface area contributed by atoms with Gasteiger partial charge in [0.15, 0.2) is 0 Å². The van der Waals surface area contributed by atoms with Gasteiger partial charge in [0.1, 0.15) is 23.3 Å². The summed E-state index contributed by atoms with van der Waals surface area (Å²) in [6, 6.07) is 2.80. The Balaban J connectivity index is 3.00. The third-order valence-corrected chi connectivity index (χ3v) is 2.77. The van der Waals surface area contributed by atoms with Gasteiger partial charge in [-0.1, -0.05) is 0 Å². The minimum atomic E-state index is -0.911. The summed E-state index contributed by atoms with van der Waals surface area (Å²) in [5, 5.41) is 11.7. The van der Waals surface area contributed by atoms with Crippen molar-refractivity contribution >= 4 is 5.97 Å². The number of ether oxygens (including phenoxy) is 3. The van der Waals surface area contributed by atoms with Gasteiger partial charge in [-0.15, -0.1) is 0 Å². The molecule has 0 saturated heterocycles. The lowest BCUT2D eigenvalue weighted by molar-refractivity contribution is -0.139. The van der Waals surface area contributed by atoms with Crippen molar-refractivity contribution in [2.45, 2.75) is 19.5 Å². The van der Waals surface area contributed by atoms with Gasteiger partial charge in [-0.3, -0.25) is 4.79 Å². The predicted molar refractivity (Wildman–Crippen MR) is 70.0 cm³/mol. The average Bonchev–Trinajstić information content (AvgIpc) is 2.43. The first-order valence-electron chi connectivity index (χ1n) is 5.78. The number of benzene rings is 1. The second-order valence-corrected chi connectivity index (χ2v) is 3.95. The standard InChI is InChI=1S/C13H19NO5/c1-8(13(15)16)14-7-10-11(18-3)5-9(17-2)6-12(10)19-4/h5-6,8,14H,7H2,1-4H3,(H,15,16). The summed E-state index contributed by atoms with van der Waals surface area (Å²) in [6.07, 6.45) is 0. The van der Waals surface area contributed by atoms with Crippen molar-refractivity contribution < 1.29 is 24.1 Å². The van der Waals surface area contributed by atoms with Crippen LogP contribution in [0.25, 0.3) is 0 Å². The van der Waals surface area contributed by atoms with Gasteiger partial charge in [0, 0.05) is 18.7 Å². The zero-order chi connectivity index (χ0) is 14.4. The monoisotopic (exact) mass is 269 g/mol. The van der Waals surface area contributed by atoms with Gasteiger partial charge in [0.2, 0.25) is 0 Å². The molecule has 19 heavy (non-hydrogen) atoms. The van der Waals surface area contributed by atoms with E-state index < -0.39 is 12.0 Å². The van der Waals surface area contributed by atoms with E-state index in [0.717, 1.165) is 5.56 Å². The molecule has 0 aromatic heterocycles. The fourth-order valence-corrected chi connectivity index (χ4v) is 1.59. The van der Waals surface area contributed by atoms with Crippen LogP contribution in [-0.2, 0) is 11.3 Å². The Morgan fingerprint density at radius 1 is 1.21 bits per heavy atom. The number of nitrogens with one attached hydrogen (secondary N) is 1. The number of methoxy groups -OCH3 is 3. The largest absolute Gasteiger partial charge is 0.496 e. The third kappa shape index (κ3) is 3.75. The van der Waals surface area contributed by atoms with Crippen LogP contribution in [0.2, 0.25) is 0 Å². The van der Waals surface area contributed by atoms with Crippen LogP contribution in [0.4, 0.5) is 0 Å². The van der Waals surface area contributed by atoms with E-state index >= 15 is 0 Å². The van der Waals surface area contributed by atoms with E-state index in [2.05, 4.69) is 5.32 Å². The molecule has 0 amide bonds. The molecule has 0 spiro atoms. The van der Waals surface area contributed by atoms with Crippen molar-refractivity contribution in [3.8, 4) is 17.2 Å². The fraction of sp³-hybridized carbons (Fsp3) is 0.462. The van der Waals surface area contributed by atoms with Gasteiger partial charge in [-0.25, -0.2) is 0 Å². The Morgan fingerprint density at radius 3 is 2.11 bits per heavy atom. The molecular formula is C13H19NO5. The second-order valence-electron chi connectivity index (χ2n) is 3.95. The zero-order valence-electron chi connectivity index (χ0n) is 11.5. The molecule has 2 N–H and O–H groups in total. The molecule has 0 radical (unpaired) electrons. The molecule has 1 rings (SSSR count). The molecule has 6 nitrogen and oxygen atoms in total. The molecular weight excluding hydrogens is 250 g/mol. The smallest absolute Gasteiger partial charge is 0.320 e. The number of aliphatic carboxylic acids is 1. The Morgan fingerprint density at radius 2 is 1.74 bits per heavy atom. The van der Waals surface area contributed by atoms with Crippen LogP contribution in [0, 0.1) is 0 Å². The lowest BCUT2D eigenvalue weighted by atomic mass is 10.1. The zero-order valence-corrected chi connectivity index (χ0v) is 11.5. The van der Waals surface area contributed by atoms with E-state index in [0.29, 0.717) is 23.8 Å². The summed E-state index contributed by atoms with van der Waals surface area (Å²) < 4.78 is 15.7. The van der Waals surface area contributed by atoms with Crippen molar-refractivity contribution in [3.05, 3.63) is 17.7 Å². The Hall–Kier alpha value is -1.95. The molecule has 1 atom stereocenters. The van der Waals surface area contributed by atoms with Crippen molar-refractivity contribution in [3.63, 3.8) is 0 Å². The van der Waals surface area contributed by atoms with Crippen LogP contribution in [0.5, 0.6) is 17.2 Å². The van der Waals surface area contributed by atoms with Crippen LogP contribution in [-0.4, -0.2) is 38.4 Å². The highest BCUT2D eigenvalue weighted by Gasteiger charge is 2.16. The van der Waals surface area contributed by atoms with Crippen molar-refractivity contribution in [2.75, 3.05) is 21.3 Å². The van der Waals surface area contributed by atoms with Gasteiger partial charge in [0.05, 0.1) is 26.9 Å². The molecule has 1 unspecified atom stereocenters. The molecule has 0 aliphatic heterocycles. The molecule has 0 bridgehead atoms. The summed E-state index contributed by atoms with van der Waals surface area (Å²) in [7, 11) is 4.63. The van der Waals surface area contributed by atoms with Gasteiger partial charge in [-0.2, -0.15) is 0 Å². The highest BCUT2D eigenvalue weighted by molar-refractivity contribution is 5.72. The Bertz CT molecular complexity index is 422. The SMILES string of the molecule is COc1cc(OC)c(CNC(C)C(=O)O)c(OC)c1. The maximum absolute atomic E-state index is 10.8. The Kier molecular flexibility index (Phi) is 5.44. The summed E-state index contributed by atoms with van der Waals surface area (Å²) >= 11 is 0. The molecule has 0 aliphatic carbocycles. The molecule has 106 valence electrons. The molecule has 1 aromatic carbocycles. The minimum Gasteiger partial charge on any atom is -0.496 e. The minimum absolute atomic E-state index is 0.323. The second kappa shape index (κ2) is 6.84. The topological polar surface area (TPSA) is 77.0 Å². The highest BCUT2D eigenvalue weighted by Crippen LogP contribution is 2.33. The molecule has 1 aromatic rings. The van der Waals surface area contributed by atoms with E-state index in [-0.39, 0.29) is 0 Å². The maximum atomic E-state index is 10.8. The van der Waals surface area contributed by atoms with E-state index in [4.69, 9.17) is 19.3 Å². The van der Waals surface area contributed by atoms with Gasteiger partial charge in [-0.05, 0) is 6.92 Å². The van der Waals surface area contributed by atoms with E-state index in [9.17, 15) is 4.79 Å². The molecule has 0 aliphatic rings. The van der Waals surface area contributed by atoms with E-state index in [1.54, 1.807) is 40.4 Å². The molecule has 0 saturated carbocycles. The Labute approximate surface area is 112 Å². The summed E-state index contributed by atoms with van der Waals surface area (Å²) in [4.78, 5) is 10.8. The number of hydrogen-bond donors (Lipinski definition) is 2.